The molecule has 2 aromatic carbocycles. The van der Waals surface area contributed by atoms with E-state index < -0.39 is 21.8 Å². The van der Waals surface area contributed by atoms with Gasteiger partial charge in [0, 0.05) is 19.6 Å². The van der Waals surface area contributed by atoms with Crippen molar-refractivity contribution in [3.8, 4) is 0 Å². The molecule has 1 amide bonds. The number of rotatable bonds is 7. The summed E-state index contributed by atoms with van der Waals surface area (Å²) in [4.78, 5) is 12.5. The minimum absolute atomic E-state index is 0.0271. The monoisotopic (exact) mass is 422 g/mol. The lowest BCUT2D eigenvalue weighted by Crippen LogP contribution is -2.45. The van der Waals surface area contributed by atoms with Crippen molar-refractivity contribution in [3.05, 3.63) is 65.7 Å². The number of halogens is 2. The maximum absolute atomic E-state index is 13.1. The molecule has 1 aliphatic heterocycles. The zero-order chi connectivity index (χ0) is 20.9. The number of carbonyl (C=O) groups excluding carboxylic acids is 1. The molecule has 1 saturated heterocycles. The number of hydrogen-bond donors (Lipinski definition) is 1. The first-order valence-electron chi connectivity index (χ1n) is 9.64. The molecular formula is C21H24F2N2O3S. The maximum atomic E-state index is 13.1. The van der Waals surface area contributed by atoms with Crippen molar-refractivity contribution in [1.82, 2.24) is 9.62 Å². The maximum Gasteiger partial charge on any atom is 0.243 e. The summed E-state index contributed by atoms with van der Waals surface area (Å²) in [6.07, 6.45) is 2.64. The molecule has 1 heterocycles. The van der Waals surface area contributed by atoms with Gasteiger partial charge in [-0.2, -0.15) is 4.31 Å². The van der Waals surface area contributed by atoms with E-state index in [0.29, 0.717) is 32.4 Å². The van der Waals surface area contributed by atoms with Crippen LogP contribution in [0.2, 0.25) is 0 Å². The number of piperidine rings is 1. The van der Waals surface area contributed by atoms with Crippen LogP contribution in [0.15, 0.2) is 53.4 Å². The molecule has 1 fully saturated rings. The lowest BCUT2D eigenvalue weighted by Gasteiger charge is -2.31. The van der Waals surface area contributed by atoms with E-state index in [4.69, 9.17) is 0 Å². The zero-order valence-electron chi connectivity index (χ0n) is 16.0. The van der Waals surface area contributed by atoms with Crippen LogP contribution in [0.4, 0.5) is 8.78 Å². The van der Waals surface area contributed by atoms with E-state index in [0.717, 1.165) is 24.1 Å². The molecular weight excluding hydrogens is 398 g/mol. The van der Waals surface area contributed by atoms with Crippen LogP contribution in [0.5, 0.6) is 0 Å². The fourth-order valence-corrected chi connectivity index (χ4v) is 4.95. The molecule has 0 unspecified atom stereocenters. The molecule has 0 spiro atoms. The van der Waals surface area contributed by atoms with E-state index in [1.54, 1.807) is 12.1 Å². The standard InChI is InChI=1S/C21H24F2N2O3S/c22-18-7-5-16(6-8-18)3-1-13-24-21(26)17-4-2-14-25(15-17)29(27,28)20-11-9-19(23)10-12-20/h5-12,17H,1-4,13-15H2,(H,24,26)/t17-/m1/s1. The summed E-state index contributed by atoms with van der Waals surface area (Å²) in [6.45, 7) is 0.926. The minimum atomic E-state index is -3.75. The first kappa shape index (κ1) is 21.4. The molecule has 5 nitrogen and oxygen atoms in total. The lowest BCUT2D eigenvalue weighted by atomic mass is 9.99. The van der Waals surface area contributed by atoms with E-state index in [1.807, 2.05) is 0 Å². The second-order valence-corrected chi connectivity index (χ2v) is 9.12. The van der Waals surface area contributed by atoms with E-state index in [2.05, 4.69) is 5.32 Å². The molecule has 0 bridgehead atoms. The van der Waals surface area contributed by atoms with Gasteiger partial charge in [-0.15, -0.1) is 0 Å². The van der Waals surface area contributed by atoms with Gasteiger partial charge in [-0.05, 0) is 67.6 Å². The molecule has 1 N–H and O–H groups in total. The molecule has 156 valence electrons. The largest absolute Gasteiger partial charge is 0.356 e. The van der Waals surface area contributed by atoms with Crippen LogP contribution < -0.4 is 5.32 Å². The molecule has 2 aromatic rings. The van der Waals surface area contributed by atoms with Gasteiger partial charge in [0.25, 0.3) is 0 Å². The first-order valence-corrected chi connectivity index (χ1v) is 11.1. The Bertz CT molecular complexity index is 931. The third-order valence-electron chi connectivity index (χ3n) is 5.06. The second-order valence-electron chi connectivity index (χ2n) is 7.18. The first-order chi connectivity index (χ1) is 13.9. The Morgan fingerprint density at radius 1 is 1.03 bits per heavy atom. The third kappa shape index (κ3) is 5.61. The van der Waals surface area contributed by atoms with E-state index in [-0.39, 0.29) is 23.2 Å². The Balaban J connectivity index is 1.51. The highest BCUT2D eigenvalue weighted by molar-refractivity contribution is 7.89. The smallest absolute Gasteiger partial charge is 0.243 e. The Morgan fingerprint density at radius 3 is 2.31 bits per heavy atom. The molecule has 0 aromatic heterocycles. The highest BCUT2D eigenvalue weighted by atomic mass is 32.2. The van der Waals surface area contributed by atoms with Gasteiger partial charge in [0.1, 0.15) is 11.6 Å². The summed E-state index contributed by atoms with van der Waals surface area (Å²) in [6, 6.07) is 11.0. The van der Waals surface area contributed by atoms with Crippen molar-refractivity contribution in [2.75, 3.05) is 19.6 Å². The van der Waals surface area contributed by atoms with Crippen molar-refractivity contribution in [1.29, 1.82) is 0 Å². The second kappa shape index (κ2) is 9.45. The predicted molar refractivity (Wildman–Crippen MR) is 106 cm³/mol. The summed E-state index contributed by atoms with van der Waals surface area (Å²) in [5, 5.41) is 2.87. The van der Waals surface area contributed by atoms with Crippen LogP contribution in [-0.4, -0.2) is 38.3 Å². The normalized spacial score (nSPS) is 17.8. The third-order valence-corrected chi connectivity index (χ3v) is 6.94. The van der Waals surface area contributed by atoms with Crippen LogP contribution in [-0.2, 0) is 21.2 Å². The van der Waals surface area contributed by atoms with Crippen LogP contribution in [0.25, 0.3) is 0 Å². The van der Waals surface area contributed by atoms with E-state index >= 15 is 0 Å². The Hall–Kier alpha value is -2.32. The van der Waals surface area contributed by atoms with Crippen LogP contribution >= 0.6 is 0 Å². The lowest BCUT2D eigenvalue weighted by molar-refractivity contribution is -0.126. The average Bonchev–Trinajstić information content (AvgIpc) is 2.73. The van der Waals surface area contributed by atoms with Crippen molar-refractivity contribution >= 4 is 15.9 Å². The van der Waals surface area contributed by atoms with Crippen LogP contribution in [0, 0.1) is 17.6 Å². The molecule has 1 aliphatic rings. The number of carbonyl (C=O) groups is 1. The minimum Gasteiger partial charge on any atom is -0.356 e. The summed E-state index contributed by atoms with van der Waals surface area (Å²) in [7, 11) is -3.75. The van der Waals surface area contributed by atoms with Gasteiger partial charge >= 0.3 is 0 Å². The Labute approximate surface area is 169 Å². The number of amides is 1. The Morgan fingerprint density at radius 2 is 1.66 bits per heavy atom. The van der Waals surface area contributed by atoms with Gasteiger partial charge in [-0.25, -0.2) is 17.2 Å². The van der Waals surface area contributed by atoms with Gasteiger partial charge in [-0.1, -0.05) is 12.1 Å². The van der Waals surface area contributed by atoms with E-state index in [9.17, 15) is 22.0 Å². The Kier molecular flexibility index (Phi) is 6.97. The topological polar surface area (TPSA) is 66.5 Å². The van der Waals surface area contributed by atoms with Crippen molar-refractivity contribution in [2.24, 2.45) is 5.92 Å². The number of hydrogen-bond acceptors (Lipinski definition) is 3. The molecule has 3 rings (SSSR count). The quantitative estimate of drug-likeness (QED) is 0.698. The van der Waals surface area contributed by atoms with Gasteiger partial charge in [0.15, 0.2) is 0 Å². The van der Waals surface area contributed by atoms with Crippen molar-refractivity contribution < 1.29 is 22.0 Å². The summed E-state index contributed by atoms with van der Waals surface area (Å²) >= 11 is 0. The highest BCUT2D eigenvalue weighted by Gasteiger charge is 2.33. The van der Waals surface area contributed by atoms with Crippen LogP contribution in [0.1, 0.15) is 24.8 Å². The van der Waals surface area contributed by atoms with Gasteiger partial charge < -0.3 is 5.32 Å². The number of nitrogens with zero attached hydrogens (tertiary/aromatic N) is 1. The average molecular weight is 422 g/mol. The van der Waals surface area contributed by atoms with Gasteiger partial charge in [0.2, 0.25) is 15.9 Å². The molecule has 8 heteroatoms. The summed E-state index contributed by atoms with van der Waals surface area (Å²) in [5.41, 5.74) is 0.995. The number of sulfonamides is 1. The molecule has 1 atom stereocenters. The van der Waals surface area contributed by atoms with E-state index in [1.165, 1.54) is 28.6 Å². The van der Waals surface area contributed by atoms with Crippen molar-refractivity contribution in [3.63, 3.8) is 0 Å². The number of aryl methyl sites for hydroxylation is 1. The molecule has 0 saturated carbocycles. The molecule has 0 radical (unpaired) electrons. The molecule has 29 heavy (non-hydrogen) atoms. The summed E-state index contributed by atoms with van der Waals surface area (Å²) in [5.74, 6) is -1.35. The fraction of sp³-hybridized carbons (Fsp3) is 0.381. The van der Waals surface area contributed by atoms with Gasteiger partial charge in [-0.3, -0.25) is 4.79 Å². The van der Waals surface area contributed by atoms with Gasteiger partial charge in [0.05, 0.1) is 10.8 Å². The zero-order valence-corrected chi connectivity index (χ0v) is 16.8. The van der Waals surface area contributed by atoms with Crippen molar-refractivity contribution in [2.45, 2.75) is 30.6 Å². The number of benzene rings is 2. The highest BCUT2D eigenvalue weighted by Crippen LogP contribution is 2.24. The van der Waals surface area contributed by atoms with Crippen LogP contribution in [0.3, 0.4) is 0 Å². The number of nitrogens with one attached hydrogen (secondary N) is 1. The predicted octanol–water partition coefficient (Wildman–Crippen LogP) is 3.11. The summed E-state index contributed by atoms with van der Waals surface area (Å²) < 4.78 is 52.8. The SMILES string of the molecule is O=C(NCCCc1ccc(F)cc1)[C@@H]1CCCN(S(=O)(=O)c2ccc(F)cc2)C1. The fourth-order valence-electron chi connectivity index (χ4n) is 3.43. The molecule has 0 aliphatic carbocycles.